The highest BCUT2D eigenvalue weighted by Crippen LogP contribution is 2.19. The molecule has 0 radical (unpaired) electrons. The Morgan fingerprint density at radius 3 is 2.78 bits per heavy atom. The minimum absolute atomic E-state index is 0.236. The van der Waals surface area contributed by atoms with E-state index in [1.807, 2.05) is 6.92 Å². The monoisotopic (exact) mass is 132 g/mol. The zero-order chi connectivity index (χ0) is 6.85. The predicted octanol–water partition coefficient (Wildman–Crippen LogP) is 0.967. The van der Waals surface area contributed by atoms with Gasteiger partial charge in [0.15, 0.2) is 5.83 Å². The summed E-state index contributed by atoms with van der Waals surface area (Å²) in [6.45, 7) is 1.87. The summed E-state index contributed by atoms with van der Waals surface area (Å²) in [5.41, 5.74) is 0. The van der Waals surface area contributed by atoms with Crippen molar-refractivity contribution in [1.82, 2.24) is 0 Å². The second-order valence-corrected chi connectivity index (χ2v) is 1.99. The summed E-state index contributed by atoms with van der Waals surface area (Å²) in [6.07, 6.45) is 0.449. The fraction of sp³-hybridized carbons (Fsp3) is 0.667. The van der Waals surface area contributed by atoms with Crippen LogP contribution < -0.4 is 0 Å². The fourth-order valence-electron chi connectivity index (χ4n) is 0.744. The highest BCUT2D eigenvalue weighted by molar-refractivity contribution is 5.05. The van der Waals surface area contributed by atoms with Crippen molar-refractivity contribution in [2.75, 3.05) is 0 Å². The lowest BCUT2D eigenvalue weighted by molar-refractivity contribution is -0.0884. The maximum atomic E-state index is 12.2. The van der Waals surface area contributed by atoms with E-state index in [2.05, 4.69) is 0 Å². The van der Waals surface area contributed by atoms with Crippen molar-refractivity contribution in [2.45, 2.75) is 25.7 Å². The highest BCUT2D eigenvalue weighted by atomic mass is 19.1. The Morgan fingerprint density at radius 2 is 2.56 bits per heavy atom. The molecule has 0 aliphatic carbocycles. The minimum Gasteiger partial charge on any atom is -0.362 e. The van der Waals surface area contributed by atoms with Gasteiger partial charge < -0.3 is 9.84 Å². The predicted molar refractivity (Wildman–Crippen MR) is 30.4 cm³/mol. The molecule has 1 unspecified atom stereocenters. The van der Waals surface area contributed by atoms with E-state index in [0.717, 1.165) is 0 Å². The quantitative estimate of drug-likeness (QED) is 0.576. The number of aliphatic hydroxyl groups excluding tert-OH is 1. The average Bonchev–Trinajstić information content (AvgIpc) is 2.13. The molecule has 9 heavy (non-hydrogen) atoms. The standard InChI is InChI=1S/C6H9FO2/c1-2-4-3-5(7)6(8)9-4/h3-4,6,8H,2H2,1H3/t4-,6?/m0/s1. The summed E-state index contributed by atoms with van der Waals surface area (Å²) in [4.78, 5) is 0. The minimum atomic E-state index is -1.31. The molecule has 0 saturated carbocycles. The van der Waals surface area contributed by atoms with Crippen LogP contribution in [-0.4, -0.2) is 17.5 Å². The van der Waals surface area contributed by atoms with Gasteiger partial charge in [-0.05, 0) is 12.5 Å². The molecular weight excluding hydrogens is 123 g/mol. The summed E-state index contributed by atoms with van der Waals surface area (Å²) in [6, 6.07) is 0. The topological polar surface area (TPSA) is 29.5 Å². The van der Waals surface area contributed by atoms with Crippen LogP contribution in [0.2, 0.25) is 0 Å². The zero-order valence-corrected chi connectivity index (χ0v) is 5.17. The van der Waals surface area contributed by atoms with Crippen LogP contribution in [0.5, 0.6) is 0 Å². The normalized spacial score (nSPS) is 34.8. The lowest BCUT2D eigenvalue weighted by Crippen LogP contribution is -2.11. The van der Waals surface area contributed by atoms with Crippen molar-refractivity contribution in [1.29, 1.82) is 0 Å². The molecule has 0 spiro atoms. The molecular formula is C6H9FO2. The number of halogens is 1. The molecule has 2 nitrogen and oxygen atoms in total. The maximum Gasteiger partial charge on any atom is 0.208 e. The number of aliphatic hydroxyl groups is 1. The molecule has 1 rings (SSSR count). The van der Waals surface area contributed by atoms with Crippen molar-refractivity contribution in [3.05, 3.63) is 11.9 Å². The third-order valence-corrected chi connectivity index (χ3v) is 1.29. The molecule has 0 bridgehead atoms. The van der Waals surface area contributed by atoms with Gasteiger partial charge in [0.2, 0.25) is 6.29 Å². The van der Waals surface area contributed by atoms with E-state index in [0.29, 0.717) is 6.42 Å². The first-order chi connectivity index (χ1) is 4.24. The van der Waals surface area contributed by atoms with Crippen LogP contribution in [0.25, 0.3) is 0 Å². The second kappa shape index (κ2) is 2.45. The molecule has 1 N–H and O–H groups in total. The van der Waals surface area contributed by atoms with Crippen molar-refractivity contribution < 1.29 is 14.2 Å². The van der Waals surface area contributed by atoms with Gasteiger partial charge in [0.25, 0.3) is 0 Å². The van der Waals surface area contributed by atoms with Crippen molar-refractivity contribution in [3.8, 4) is 0 Å². The molecule has 52 valence electrons. The Bertz CT molecular complexity index is 133. The van der Waals surface area contributed by atoms with Crippen LogP contribution in [0, 0.1) is 0 Å². The van der Waals surface area contributed by atoms with Crippen LogP contribution >= 0.6 is 0 Å². The molecule has 1 aliphatic rings. The lowest BCUT2D eigenvalue weighted by atomic mass is 10.3. The van der Waals surface area contributed by atoms with Gasteiger partial charge in [-0.2, -0.15) is 0 Å². The van der Waals surface area contributed by atoms with E-state index in [1.165, 1.54) is 6.08 Å². The van der Waals surface area contributed by atoms with Crippen LogP contribution in [0.3, 0.4) is 0 Å². The SMILES string of the molecule is CC[C@H]1C=C(F)C(O)O1. The summed E-state index contributed by atoms with van der Waals surface area (Å²) in [5.74, 6) is -0.568. The molecule has 1 aliphatic heterocycles. The molecule has 0 aromatic rings. The smallest absolute Gasteiger partial charge is 0.208 e. The Kier molecular flexibility index (Phi) is 1.83. The largest absolute Gasteiger partial charge is 0.362 e. The van der Waals surface area contributed by atoms with Crippen LogP contribution in [0.1, 0.15) is 13.3 Å². The summed E-state index contributed by atoms with van der Waals surface area (Å²) in [7, 11) is 0. The Balaban J connectivity index is 2.52. The molecule has 3 heteroatoms. The van der Waals surface area contributed by atoms with Crippen molar-refractivity contribution in [3.63, 3.8) is 0 Å². The summed E-state index contributed by atoms with van der Waals surface area (Å²) >= 11 is 0. The van der Waals surface area contributed by atoms with Gasteiger partial charge >= 0.3 is 0 Å². The molecule has 2 atom stereocenters. The molecule has 0 fully saturated rings. The maximum absolute atomic E-state index is 12.2. The molecule has 0 aromatic heterocycles. The van der Waals surface area contributed by atoms with Crippen LogP contribution in [0.15, 0.2) is 11.9 Å². The lowest BCUT2D eigenvalue weighted by Gasteiger charge is -2.05. The van der Waals surface area contributed by atoms with E-state index in [4.69, 9.17) is 9.84 Å². The molecule has 0 amide bonds. The Hall–Kier alpha value is -0.410. The third-order valence-electron chi connectivity index (χ3n) is 1.29. The second-order valence-electron chi connectivity index (χ2n) is 1.99. The third kappa shape index (κ3) is 1.28. The number of rotatable bonds is 1. The molecule has 1 heterocycles. The van der Waals surface area contributed by atoms with Gasteiger partial charge in [0.05, 0.1) is 6.10 Å². The summed E-state index contributed by atoms with van der Waals surface area (Å²) < 4.78 is 17.0. The molecule has 0 aromatic carbocycles. The van der Waals surface area contributed by atoms with Gasteiger partial charge in [-0.25, -0.2) is 4.39 Å². The highest BCUT2D eigenvalue weighted by Gasteiger charge is 2.23. The van der Waals surface area contributed by atoms with E-state index in [9.17, 15) is 4.39 Å². The van der Waals surface area contributed by atoms with Crippen molar-refractivity contribution in [2.24, 2.45) is 0 Å². The van der Waals surface area contributed by atoms with E-state index < -0.39 is 12.1 Å². The molecule has 0 saturated heterocycles. The van der Waals surface area contributed by atoms with E-state index >= 15 is 0 Å². The number of hydrogen-bond donors (Lipinski definition) is 1. The zero-order valence-electron chi connectivity index (χ0n) is 5.17. The van der Waals surface area contributed by atoms with Crippen molar-refractivity contribution >= 4 is 0 Å². The number of ether oxygens (including phenoxy) is 1. The van der Waals surface area contributed by atoms with Gasteiger partial charge in [-0.15, -0.1) is 0 Å². The van der Waals surface area contributed by atoms with Gasteiger partial charge in [-0.1, -0.05) is 6.92 Å². The Labute approximate surface area is 52.9 Å². The van der Waals surface area contributed by atoms with Crippen LogP contribution in [-0.2, 0) is 4.74 Å². The summed E-state index contributed by atoms with van der Waals surface area (Å²) in [5, 5.41) is 8.63. The first kappa shape index (κ1) is 6.71. The van der Waals surface area contributed by atoms with E-state index in [-0.39, 0.29) is 6.10 Å². The first-order valence-corrected chi connectivity index (χ1v) is 2.94. The average molecular weight is 132 g/mol. The van der Waals surface area contributed by atoms with E-state index in [1.54, 1.807) is 0 Å². The van der Waals surface area contributed by atoms with Crippen LogP contribution in [0.4, 0.5) is 4.39 Å². The Morgan fingerprint density at radius 1 is 1.89 bits per heavy atom. The van der Waals surface area contributed by atoms with Gasteiger partial charge in [-0.3, -0.25) is 0 Å². The van der Waals surface area contributed by atoms with Gasteiger partial charge in [0.1, 0.15) is 0 Å². The first-order valence-electron chi connectivity index (χ1n) is 2.94. The van der Waals surface area contributed by atoms with Gasteiger partial charge in [0, 0.05) is 0 Å². The fourth-order valence-corrected chi connectivity index (χ4v) is 0.744. The number of hydrogen-bond acceptors (Lipinski definition) is 2.